The van der Waals surface area contributed by atoms with Crippen LogP contribution in [-0.4, -0.2) is 17.9 Å². The molecule has 1 atom stereocenters. The van der Waals surface area contributed by atoms with Gasteiger partial charge in [-0.25, -0.2) is 0 Å². The first-order chi connectivity index (χ1) is 8.81. The van der Waals surface area contributed by atoms with Crippen LogP contribution in [0.2, 0.25) is 5.02 Å². The van der Waals surface area contributed by atoms with Crippen molar-refractivity contribution < 1.29 is 9.59 Å². The van der Waals surface area contributed by atoms with Gasteiger partial charge in [0.15, 0.2) is 0 Å². The van der Waals surface area contributed by atoms with Gasteiger partial charge in [-0.3, -0.25) is 9.59 Å². The summed E-state index contributed by atoms with van der Waals surface area (Å²) in [6, 6.07) is 3.94. The molecular weight excluding hydrogens is 266 g/mol. The van der Waals surface area contributed by atoms with Crippen molar-refractivity contribution in [1.29, 1.82) is 0 Å². The number of carbonyl (C=O) groups is 2. The summed E-state index contributed by atoms with van der Waals surface area (Å²) in [6.07, 6.45) is 0.585. The van der Waals surface area contributed by atoms with E-state index in [4.69, 9.17) is 23.1 Å². The lowest BCUT2D eigenvalue weighted by Gasteiger charge is -2.14. The second-order valence-electron chi connectivity index (χ2n) is 4.78. The number of hydrogen-bond donors (Lipinski definition) is 3. The van der Waals surface area contributed by atoms with Gasteiger partial charge in [-0.15, -0.1) is 0 Å². The zero-order valence-electron chi connectivity index (χ0n) is 10.9. The minimum Gasteiger partial charge on any atom is -0.366 e. The van der Waals surface area contributed by atoms with Crippen LogP contribution in [0.25, 0.3) is 0 Å². The summed E-state index contributed by atoms with van der Waals surface area (Å²) in [7, 11) is 0. The average Bonchev–Trinajstić information content (AvgIpc) is 2.30. The lowest BCUT2D eigenvalue weighted by Crippen LogP contribution is -2.36. The van der Waals surface area contributed by atoms with E-state index in [9.17, 15) is 9.59 Å². The number of hydrogen-bond acceptors (Lipinski definition) is 3. The van der Waals surface area contributed by atoms with Crippen molar-refractivity contribution in [1.82, 2.24) is 0 Å². The molecule has 104 valence electrons. The molecule has 6 heteroatoms. The van der Waals surface area contributed by atoms with Crippen LogP contribution in [0.15, 0.2) is 18.2 Å². The van der Waals surface area contributed by atoms with Gasteiger partial charge >= 0.3 is 0 Å². The number of halogens is 1. The van der Waals surface area contributed by atoms with E-state index < -0.39 is 11.9 Å². The molecule has 1 aromatic carbocycles. The normalized spacial score (nSPS) is 12.3. The number of rotatable bonds is 5. The van der Waals surface area contributed by atoms with Gasteiger partial charge in [-0.2, -0.15) is 0 Å². The van der Waals surface area contributed by atoms with Crippen LogP contribution in [-0.2, 0) is 4.79 Å². The van der Waals surface area contributed by atoms with Gasteiger partial charge < -0.3 is 16.8 Å². The molecule has 0 aliphatic carbocycles. The Hall–Kier alpha value is -1.59. The standard InChI is InChI=1S/C13H18ClN3O2/c1-7(2)5-11(15)13(19)17-8-3-4-10(14)9(6-8)12(16)18/h3-4,6-7,11H,5,15H2,1-2H3,(H2,16,18)(H,17,19)/t11-/m0/s1. The molecule has 0 radical (unpaired) electrons. The van der Waals surface area contributed by atoms with Crippen LogP contribution in [0.1, 0.15) is 30.6 Å². The van der Waals surface area contributed by atoms with Crippen LogP contribution < -0.4 is 16.8 Å². The highest BCUT2D eigenvalue weighted by Crippen LogP contribution is 2.20. The number of amides is 2. The van der Waals surface area contributed by atoms with E-state index in [-0.39, 0.29) is 16.5 Å². The molecule has 0 aromatic heterocycles. The Morgan fingerprint density at radius 1 is 1.37 bits per heavy atom. The predicted molar refractivity (Wildman–Crippen MR) is 76.0 cm³/mol. The molecule has 0 bridgehead atoms. The summed E-state index contributed by atoms with van der Waals surface area (Å²) < 4.78 is 0. The molecule has 19 heavy (non-hydrogen) atoms. The van der Waals surface area contributed by atoms with Crippen molar-refractivity contribution >= 4 is 29.1 Å². The molecule has 5 N–H and O–H groups in total. The molecule has 0 unspecified atom stereocenters. The highest BCUT2D eigenvalue weighted by molar-refractivity contribution is 6.34. The van der Waals surface area contributed by atoms with Crippen molar-refractivity contribution in [2.24, 2.45) is 17.4 Å². The first-order valence-electron chi connectivity index (χ1n) is 5.97. The minimum absolute atomic E-state index is 0.164. The SMILES string of the molecule is CC(C)C[C@H](N)C(=O)Nc1ccc(Cl)c(C(N)=O)c1. The summed E-state index contributed by atoms with van der Waals surface area (Å²) in [4.78, 5) is 23.0. The van der Waals surface area contributed by atoms with Crippen LogP contribution >= 0.6 is 11.6 Å². The molecule has 0 heterocycles. The maximum atomic E-state index is 11.8. The quantitative estimate of drug-likeness (QED) is 0.768. The molecule has 0 saturated carbocycles. The Bertz CT molecular complexity index is 489. The van der Waals surface area contributed by atoms with Crippen LogP contribution in [0, 0.1) is 5.92 Å². The van der Waals surface area contributed by atoms with E-state index in [0.29, 0.717) is 18.0 Å². The Balaban J connectivity index is 2.80. The van der Waals surface area contributed by atoms with Gasteiger partial charge in [0.2, 0.25) is 11.8 Å². The summed E-state index contributed by atoms with van der Waals surface area (Å²) in [5.41, 5.74) is 11.6. The third-order valence-corrected chi connectivity index (χ3v) is 2.89. The monoisotopic (exact) mass is 283 g/mol. The molecule has 0 aliphatic rings. The predicted octanol–water partition coefficient (Wildman–Crippen LogP) is 1.75. The molecule has 0 spiro atoms. The topological polar surface area (TPSA) is 98.2 Å². The van der Waals surface area contributed by atoms with Gasteiger partial charge in [0.05, 0.1) is 16.6 Å². The number of nitrogens with one attached hydrogen (secondary N) is 1. The molecular formula is C13H18ClN3O2. The highest BCUT2D eigenvalue weighted by Gasteiger charge is 2.16. The molecule has 0 fully saturated rings. The third-order valence-electron chi connectivity index (χ3n) is 2.56. The van der Waals surface area contributed by atoms with Gasteiger partial charge in [-0.05, 0) is 30.5 Å². The van der Waals surface area contributed by atoms with E-state index in [1.54, 1.807) is 6.07 Å². The summed E-state index contributed by atoms with van der Waals surface area (Å²) in [6.45, 7) is 3.97. The largest absolute Gasteiger partial charge is 0.366 e. The molecule has 1 aromatic rings. The van der Waals surface area contributed by atoms with Crippen LogP contribution in [0.5, 0.6) is 0 Å². The zero-order valence-corrected chi connectivity index (χ0v) is 11.7. The maximum Gasteiger partial charge on any atom is 0.250 e. The Morgan fingerprint density at radius 3 is 2.53 bits per heavy atom. The number of anilines is 1. The smallest absolute Gasteiger partial charge is 0.250 e. The van der Waals surface area contributed by atoms with Crippen molar-refractivity contribution in [2.75, 3.05) is 5.32 Å². The van der Waals surface area contributed by atoms with Crippen molar-refractivity contribution in [3.8, 4) is 0 Å². The Morgan fingerprint density at radius 2 is 2.00 bits per heavy atom. The molecule has 0 aliphatic heterocycles. The molecule has 2 amide bonds. The second-order valence-corrected chi connectivity index (χ2v) is 5.19. The van der Waals surface area contributed by atoms with E-state index >= 15 is 0 Å². The summed E-state index contributed by atoms with van der Waals surface area (Å²) >= 11 is 5.82. The fraction of sp³-hybridized carbons (Fsp3) is 0.385. The molecule has 5 nitrogen and oxygen atoms in total. The number of benzene rings is 1. The van der Waals surface area contributed by atoms with E-state index in [0.717, 1.165) is 0 Å². The van der Waals surface area contributed by atoms with Crippen LogP contribution in [0.4, 0.5) is 5.69 Å². The minimum atomic E-state index is -0.646. The number of nitrogens with two attached hydrogens (primary N) is 2. The molecule has 1 rings (SSSR count). The van der Waals surface area contributed by atoms with Crippen molar-refractivity contribution in [2.45, 2.75) is 26.3 Å². The van der Waals surface area contributed by atoms with Crippen molar-refractivity contribution in [3.63, 3.8) is 0 Å². The van der Waals surface area contributed by atoms with Crippen molar-refractivity contribution in [3.05, 3.63) is 28.8 Å². The van der Waals surface area contributed by atoms with Gasteiger partial charge in [0.25, 0.3) is 0 Å². The summed E-state index contributed by atoms with van der Waals surface area (Å²) in [5.74, 6) is -0.619. The van der Waals surface area contributed by atoms with E-state index in [1.807, 2.05) is 13.8 Å². The fourth-order valence-electron chi connectivity index (χ4n) is 1.64. The maximum absolute atomic E-state index is 11.8. The summed E-state index contributed by atoms with van der Waals surface area (Å²) in [5, 5.41) is 2.89. The second kappa shape index (κ2) is 6.54. The average molecular weight is 284 g/mol. The Kier molecular flexibility index (Phi) is 5.32. The van der Waals surface area contributed by atoms with E-state index in [1.165, 1.54) is 12.1 Å². The lowest BCUT2D eigenvalue weighted by atomic mass is 10.0. The third kappa shape index (κ3) is 4.54. The number of primary amides is 1. The van der Waals surface area contributed by atoms with Gasteiger partial charge in [0.1, 0.15) is 0 Å². The Labute approximate surface area is 117 Å². The van der Waals surface area contributed by atoms with Gasteiger partial charge in [-0.1, -0.05) is 25.4 Å². The first kappa shape index (κ1) is 15.5. The zero-order chi connectivity index (χ0) is 14.6. The highest BCUT2D eigenvalue weighted by atomic mass is 35.5. The van der Waals surface area contributed by atoms with Gasteiger partial charge in [0, 0.05) is 5.69 Å². The number of carbonyl (C=O) groups excluding carboxylic acids is 2. The fourth-order valence-corrected chi connectivity index (χ4v) is 1.85. The van der Waals surface area contributed by atoms with E-state index in [2.05, 4.69) is 5.32 Å². The van der Waals surface area contributed by atoms with Crippen LogP contribution in [0.3, 0.4) is 0 Å². The lowest BCUT2D eigenvalue weighted by molar-refractivity contribution is -0.117. The first-order valence-corrected chi connectivity index (χ1v) is 6.35. The molecule has 0 saturated heterocycles.